The van der Waals surface area contributed by atoms with Gasteiger partial charge in [-0.3, -0.25) is 9.59 Å². The number of amides is 2. The van der Waals surface area contributed by atoms with Gasteiger partial charge in [0.2, 0.25) is 5.91 Å². The minimum atomic E-state index is -0.333. The van der Waals surface area contributed by atoms with E-state index in [1.54, 1.807) is 42.5 Å². The molecule has 140 valence electrons. The summed E-state index contributed by atoms with van der Waals surface area (Å²) in [6.45, 7) is -0.00389. The molecular formula is C21H16BrN3O3. The van der Waals surface area contributed by atoms with Crippen molar-refractivity contribution in [2.24, 2.45) is 0 Å². The topological polar surface area (TPSA) is 86.3 Å². The Bertz CT molecular complexity index is 1010. The minimum absolute atomic E-state index is 0.148. The van der Waals surface area contributed by atoms with Crippen molar-refractivity contribution in [3.8, 4) is 6.07 Å². The molecule has 3 rings (SSSR count). The Morgan fingerprint density at radius 2 is 1.82 bits per heavy atom. The normalized spacial score (nSPS) is 10.1. The van der Waals surface area contributed by atoms with Crippen molar-refractivity contribution in [3.63, 3.8) is 0 Å². The lowest BCUT2D eigenvalue weighted by atomic mass is 10.1. The van der Waals surface area contributed by atoms with Gasteiger partial charge in [-0.2, -0.15) is 5.26 Å². The van der Waals surface area contributed by atoms with E-state index in [2.05, 4.69) is 21.2 Å². The first-order chi connectivity index (χ1) is 13.6. The highest BCUT2D eigenvalue weighted by Gasteiger charge is 2.21. The summed E-state index contributed by atoms with van der Waals surface area (Å²) >= 11 is 3.38. The summed E-state index contributed by atoms with van der Waals surface area (Å²) in [6.07, 6.45) is 1.51. The number of anilines is 1. The first-order valence-corrected chi connectivity index (χ1v) is 9.22. The van der Waals surface area contributed by atoms with Crippen LogP contribution in [0.3, 0.4) is 0 Å². The monoisotopic (exact) mass is 437 g/mol. The quantitative estimate of drug-likeness (QED) is 0.625. The van der Waals surface area contributed by atoms with E-state index in [1.807, 2.05) is 24.3 Å². The van der Waals surface area contributed by atoms with Crippen LogP contribution >= 0.6 is 15.9 Å². The van der Waals surface area contributed by atoms with E-state index in [9.17, 15) is 9.59 Å². The molecule has 2 amide bonds. The Balaban J connectivity index is 1.78. The molecule has 7 heteroatoms. The first kappa shape index (κ1) is 19.4. The number of nitriles is 1. The van der Waals surface area contributed by atoms with Gasteiger partial charge >= 0.3 is 0 Å². The van der Waals surface area contributed by atoms with Crippen molar-refractivity contribution < 1.29 is 14.0 Å². The molecule has 3 aromatic rings. The van der Waals surface area contributed by atoms with Crippen LogP contribution in [-0.2, 0) is 11.3 Å². The summed E-state index contributed by atoms with van der Waals surface area (Å²) in [5.74, 6) is -0.0979. The highest BCUT2D eigenvalue weighted by molar-refractivity contribution is 9.10. The Labute approximate surface area is 170 Å². The Hall–Kier alpha value is -3.37. The summed E-state index contributed by atoms with van der Waals surface area (Å²) in [6, 6.07) is 19.0. The molecule has 0 aliphatic rings. The Morgan fingerprint density at radius 3 is 2.46 bits per heavy atom. The average molecular weight is 438 g/mol. The van der Waals surface area contributed by atoms with Crippen molar-refractivity contribution in [1.29, 1.82) is 5.26 Å². The maximum Gasteiger partial charge on any atom is 0.254 e. The molecule has 0 aliphatic carbocycles. The summed E-state index contributed by atoms with van der Waals surface area (Å²) < 4.78 is 6.08. The lowest BCUT2D eigenvalue weighted by Crippen LogP contribution is -2.37. The zero-order valence-corrected chi connectivity index (χ0v) is 16.3. The molecule has 0 atom stereocenters. The Morgan fingerprint density at radius 1 is 1.07 bits per heavy atom. The minimum Gasteiger partial charge on any atom is -0.467 e. The molecule has 0 spiro atoms. The number of para-hydroxylation sites is 1. The zero-order chi connectivity index (χ0) is 19.9. The molecule has 0 bridgehead atoms. The molecule has 0 saturated carbocycles. The Kier molecular flexibility index (Phi) is 6.25. The zero-order valence-electron chi connectivity index (χ0n) is 14.8. The maximum atomic E-state index is 12.9. The fraction of sp³-hybridized carbons (Fsp3) is 0.0952. The van der Waals surface area contributed by atoms with E-state index in [4.69, 9.17) is 9.68 Å². The third kappa shape index (κ3) is 4.87. The standard InChI is InChI=1S/C21H16BrN3O3/c22-18-5-1-2-6-19(18)24-20(26)14-25(13-17-4-3-11-28-17)21(27)16-9-7-15(12-23)8-10-16/h1-11H,13-14H2,(H,24,26). The molecule has 0 fully saturated rings. The highest BCUT2D eigenvalue weighted by Crippen LogP contribution is 2.21. The van der Waals surface area contributed by atoms with Crippen LogP contribution in [0.5, 0.6) is 0 Å². The number of nitrogens with zero attached hydrogens (tertiary/aromatic N) is 2. The molecule has 0 aliphatic heterocycles. The van der Waals surface area contributed by atoms with Gasteiger partial charge in [0.05, 0.1) is 30.1 Å². The number of halogens is 1. The lowest BCUT2D eigenvalue weighted by Gasteiger charge is -2.21. The van der Waals surface area contributed by atoms with Crippen molar-refractivity contribution in [1.82, 2.24) is 4.90 Å². The van der Waals surface area contributed by atoms with Crippen molar-refractivity contribution in [3.05, 3.63) is 88.3 Å². The highest BCUT2D eigenvalue weighted by atomic mass is 79.9. The van der Waals surface area contributed by atoms with Crippen molar-refractivity contribution in [2.45, 2.75) is 6.54 Å². The van der Waals surface area contributed by atoms with E-state index in [1.165, 1.54) is 11.2 Å². The second-order valence-electron chi connectivity index (χ2n) is 5.96. The molecule has 28 heavy (non-hydrogen) atoms. The van der Waals surface area contributed by atoms with Gasteiger partial charge < -0.3 is 14.6 Å². The van der Waals surface area contributed by atoms with Crippen LogP contribution in [-0.4, -0.2) is 23.3 Å². The fourth-order valence-electron chi connectivity index (χ4n) is 2.59. The average Bonchev–Trinajstić information content (AvgIpc) is 3.22. The third-order valence-electron chi connectivity index (χ3n) is 3.96. The number of nitrogens with one attached hydrogen (secondary N) is 1. The van der Waals surface area contributed by atoms with Gasteiger partial charge in [0.15, 0.2) is 0 Å². The van der Waals surface area contributed by atoms with Crippen LogP contribution in [0.1, 0.15) is 21.7 Å². The molecule has 1 aromatic heterocycles. The van der Waals surface area contributed by atoms with Gasteiger partial charge in [-0.25, -0.2) is 0 Å². The third-order valence-corrected chi connectivity index (χ3v) is 4.65. The van der Waals surface area contributed by atoms with Crippen molar-refractivity contribution in [2.75, 3.05) is 11.9 Å². The molecule has 0 unspecified atom stereocenters. The van der Waals surface area contributed by atoms with E-state index in [0.717, 1.165) is 4.47 Å². The molecule has 1 N–H and O–H groups in total. The number of rotatable bonds is 6. The number of benzene rings is 2. The molecule has 1 heterocycles. The number of hydrogen-bond acceptors (Lipinski definition) is 4. The smallest absolute Gasteiger partial charge is 0.254 e. The van der Waals surface area contributed by atoms with E-state index < -0.39 is 0 Å². The first-order valence-electron chi connectivity index (χ1n) is 8.43. The summed E-state index contributed by atoms with van der Waals surface area (Å²) in [4.78, 5) is 26.9. The second kappa shape index (κ2) is 9.02. The number of furan rings is 1. The van der Waals surface area contributed by atoms with Crippen molar-refractivity contribution >= 4 is 33.4 Å². The van der Waals surface area contributed by atoms with Crippen LogP contribution in [0, 0.1) is 11.3 Å². The summed E-state index contributed by atoms with van der Waals surface area (Å²) in [5.41, 5.74) is 1.47. The van der Waals surface area contributed by atoms with Gasteiger partial charge in [-0.15, -0.1) is 0 Å². The lowest BCUT2D eigenvalue weighted by molar-refractivity contribution is -0.117. The summed E-state index contributed by atoms with van der Waals surface area (Å²) in [5, 5.41) is 11.7. The van der Waals surface area contributed by atoms with E-state index in [-0.39, 0.29) is 24.9 Å². The molecule has 0 radical (unpaired) electrons. The van der Waals surface area contributed by atoms with E-state index >= 15 is 0 Å². The summed E-state index contributed by atoms with van der Waals surface area (Å²) in [7, 11) is 0. The van der Waals surface area contributed by atoms with E-state index in [0.29, 0.717) is 22.6 Å². The molecule has 0 saturated heterocycles. The maximum absolute atomic E-state index is 12.9. The molecule has 2 aromatic carbocycles. The van der Waals surface area contributed by atoms with Gasteiger partial charge in [-0.1, -0.05) is 12.1 Å². The van der Waals surface area contributed by atoms with Gasteiger partial charge in [-0.05, 0) is 64.5 Å². The molecule has 6 nitrogen and oxygen atoms in total. The van der Waals surface area contributed by atoms with Gasteiger partial charge in [0.25, 0.3) is 5.91 Å². The largest absolute Gasteiger partial charge is 0.467 e. The predicted molar refractivity (Wildman–Crippen MR) is 107 cm³/mol. The predicted octanol–water partition coefficient (Wildman–Crippen LogP) is 4.19. The van der Waals surface area contributed by atoms with Crippen LogP contribution < -0.4 is 5.32 Å². The SMILES string of the molecule is N#Cc1ccc(C(=O)N(CC(=O)Nc2ccccc2Br)Cc2ccco2)cc1. The van der Waals surface area contributed by atoms with Crippen LogP contribution in [0.4, 0.5) is 5.69 Å². The number of hydrogen-bond donors (Lipinski definition) is 1. The molecular weight excluding hydrogens is 422 g/mol. The number of carbonyl (C=O) groups excluding carboxylic acids is 2. The van der Waals surface area contributed by atoms with Crippen LogP contribution in [0.25, 0.3) is 0 Å². The second-order valence-corrected chi connectivity index (χ2v) is 6.81. The van der Waals surface area contributed by atoms with Gasteiger partial charge in [0.1, 0.15) is 12.3 Å². The fourth-order valence-corrected chi connectivity index (χ4v) is 2.97. The number of carbonyl (C=O) groups is 2. The van der Waals surface area contributed by atoms with Crippen LogP contribution in [0.15, 0.2) is 75.8 Å². The van der Waals surface area contributed by atoms with Crippen LogP contribution in [0.2, 0.25) is 0 Å². The van der Waals surface area contributed by atoms with Gasteiger partial charge in [0, 0.05) is 10.0 Å².